The van der Waals surface area contributed by atoms with Gasteiger partial charge >= 0.3 is 5.97 Å². The van der Waals surface area contributed by atoms with Gasteiger partial charge in [0.2, 0.25) is 0 Å². The van der Waals surface area contributed by atoms with Crippen molar-refractivity contribution < 1.29 is 14.6 Å². The maximum absolute atomic E-state index is 11.9. The van der Waals surface area contributed by atoms with Gasteiger partial charge in [-0.05, 0) is 25.5 Å². The fourth-order valence-corrected chi connectivity index (χ4v) is 2.35. The molecular weight excluding hydrogens is 332 g/mol. The second-order valence-electron chi connectivity index (χ2n) is 5.46. The molecule has 0 spiro atoms. The minimum atomic E-state index is -0.636. The number of aromatic nitrogens is 1. The van der Waals surface area contributed by atoms with E-state index in [1.54, 1.807) is 13.8 Å². The van der Waals surface area contributed by atoms with Crippen LogP contribution in [-0.2, 0) is 11.3 Å². The summed E-state index contributed by atoms with van der Waals surface area (Å²) in [6, 6.07) is 11.4. The van der Waals surface area contributed by atoms with Gasteiger partial charge in [-0.1, -0.05) is 30.3 Å². The average molecular weight is 352 g/mol. The minimum Gasteiger partial charge on any atom is -0.505 e. The number of ether oxygens (including phenoxy) is 1. The third kappa shape index (κ3) is 4.30. The standard InChI is InChI=1S/C19H20N4O3/c1-3-26-19(25)16-12(2)23-15(17(16)24)9-14(10-20)18(21)22-11-13-7-5-4-6-8-13/h4-9,23-24H,3,11H2,1-2H3,(H2,21,22)/b14-9-. The highest BCUT2D eigenvalue weighted by molar-refractivity contribution is 6.05. The van der Waals surface area contributed by atoms with Gasteiger partial charge in [0.1, 0.15) is 17.5 Å². The third-order valence-electron chi connectivity index (χ3n) is 3.63. The summed E-state index contributed by atoms with van der Waals surface area (Å²) in [6.45, 7) is 3.82. The monoisotopic (exact) mass is 352 g/mol. The van der Waals surface area contributed by atoms with Gasteiger partial charge in [-0.15, -0.1) is 0 Å². The van der Waals surface area contributed by atoms with Crippen molar-refractivity contribution in [2.24, 2.45) is 10.7 Å². The summed E-state index contributed by atoms with van der Waals surface area (Å²) in [6.07, 6.45) is 1.36. The predicted octanol–water partition coefficient (Wildman–Crippen LogP) is 2.67. The molecule has 2 rings (SSSR count). The Bertz CT molecular complexity index is 889. The molecule has 0 aliphatic carbocycles. The largest absolute Gasteiger partial charge is 0.505 e. The highest BCUT2D eigenvalue weighted by atomic mass is 16.5. The highest BCUT2D eigenvalue weighted by Crippen LogP contribution is 2.28. The normalized spacial score (nSPS) is 11.9. The lowest BCUT2D eigenvalue weighted by atomic mass is 10.1. The molecule has 0 unspecified atom stereocenters. The Labute approximate surface area is 151 Å². The van der Waals surface area contributed by atoms with E-state index in [0.717, 1.165) is 5.56 Å². The lowest BCUT2D eigenvalue weighted by Crippen LogP contribution is -2.14. The first-order valence-corrected chi connectivity index (χ1v) is 8.02. The molecule has 4 N–H and O–H groups in total. The van der Waals surface area contributed by atoms with Crippen molar-refractivity contribution in [1.29, 1.82) is 5.26 Å². The first kappa shape index (κ1) is 18.8. The molecular formula is C19H20N4O3. The fourth-order valence-electron chi connectivity index (χ4n) is 2.35. The van der Waals surface area contributed by atoms with E-state index >= 15 is 0 Å². The minimum absolute atomic E-state index is 0.0372. The Kier molecular flexibility index (Phi) is 6.17. The van der Waals surface area contributed by atoms with Gasteiger partial charge < -0.3 is 20.6 Å². The van der Waals surface area contributed by atoms with Crippen molar-refractivity contribution in [2.45, 2.75) is 20.4 Å². The number of aromatic hydroxyl groups is 1. The Morgan fingerprint density at radius 3 is 2.73 bits per heavy atom. The van der Waals surface area contributed by atoms with E-state index in [1.807, 2.05) is 36.4 Å². The van der Waals surface area contributed by atoms with Crippen molar-refractivity contribution >= 4 is 17.9 Å². The fraction of sp³-hybridized carbons (Fsp3) is 0.211. The predicted molar refractivity (Wildman–Crippen MR) is 98.5 cm³/mol. The van der Waals surface area contributed by atoms with E-state index < -0.39 is 5.97 Å². The van der Waals surface area contributed by atoms with Gasteiger partial charge in [0, 0.05) is 5.69 Å². The second kappa shape index (κ2) is 8.53. The zero-order valence-electron chi connectivity index (χ0n) is 14.6. The Hall–Kier alpha value is -3.53. The first-order chi connectivity index (χ1) is 12.5. The van der Waals surface area contributed by atoms with Crippen LogP contribution in [0.2, 0.25) is 0 Å². The molecule has 1 aromatic heterocycles. The number of esters is 1. The zero-order chi connectivity index (χ0) is 19.1. The molecule has 7 nitrogen and oxygen atoms in total. The number of benzene rings is 1. The summed E-state index contributed by atoms with van der Waals surface area (Å²) in [5.74, 6) is -0.882. The van der Waals surface area contributed by atoms with Gasteiger partial charge in [0.05, 0.1) is 24.4 Å². The highest BCUT2D eigenvalue weighted by Gasteiger charge is 2.21. The van der Waals surface area contributed by atoms with Crippen LogP contribution in [0, 0.1) is 18.3 Å². The van der Waals surface area contributed by atoms with Crippen molar-refractivity contribution in [1.82, 2.24) is 4.98 Å². The molecule has 0 aliphatic heterocycles. The zero-order valence-corrected chi connectivity index (χ0v) is 14.6. The molecule has 2 aromatic rings. The molecule has 0 bridgehead atoms. The molecule has 0 radical (unpaired) electrons. The van der Waals surface area contributed by atoms with Crippen molar-refractivity contribution in [3.63, 3.8) is 0 Å². The number of hydrogen-bond acceptors (Lipinski definition) is 5. The number of carbonyl (C=O) groups is 1. The summed E-state index contributed by atoms with van der Waals surface area (Å²) < 4.78 is 4.92. The SMILES string of the molecule is CCOC(=O)c1c(C)[nH]c(/C=C(/C#N)C(N)=NCc2ccccc2)c1O. The Morgan fingerprint density at radius 2 is 2.12 bits per heavy atom. The number of carbonyl (C=O) groups excluding carboxylic acids is 1. The smallest absolute Gasteiger partial charge is 0.343 e. The maximum Gasteiger partial charge on any atom is 0.343 e. The number of nitrogens with one attached hydrogen (secondary N) is 1. The van der Waals surface area contributed by atoms with Gasteiger partial charge in [-0.3, -0.25) is 4.99 Å². The number of aromatic amines is 1. The van der Waals surface area contributed by atoms with E-state index in [1.165, 1.54) is 6.08 Å². The molecule has 0 saturated heterocycles. The van der Waals surface area contributed by atoms with Crippen LogP contribution in [0.4, 0.5) is 0 Å². The first-order valence-electron chi connectivity index (χ1n) is 8.02. The topological polar surface area (TPSA) is 124 Å². The van der Waals surface area contributed by atoms with Gasteiger partial charge in [-0.2, -0.15) is 5.26 Å². The molecule has 0 atom stereocenters. The molecule has 1 heterocycles. The lowest BCUT2D eigenvalue weighted by Gasteiger charge is -2.01. The number of rotatable bonds is 6. The molecule has 26 heavy (non-hydrogen) atoms. The number of hydrogen-bond donors (Lipinski definition) is 3. The summed E-state index contributed by atoms with van der Waals surface area (Å²) >= 11 is 0. The van der Waals surface area contributed by atoms with Gasteiger partial charge in [0.15, 0.2) is 5.75 Å². The van der Waals surface area contributed by atoms with E-state index in [-0.39, 0.29) is 35.0 Å². The second-order valence-corrected chi connectivity index (χ2v) is 5.46. The van der Waals surface area contributed by atoms with E-state index in [4.69, 9.17) is 10.5 Å². The average Bonchev–Trinajstić information content (AvgIpc) is 2.92. The lowest BCUT2D eigenvalue weighted by molar-refractivity contribution is 0.0522. The molecule has 134 valence electrons. The number of nitrogens with zero attached hydrogens (tertiary/aromatic N) is 2. The molecule has 0 saturated carbocycles. The van der Waals surface area contributed by atoms with Crippen LogP contribution in [0.1, 0.15) is 34.2 Å². The van der Waals surface area contributed by atoms with Crippen LogP contribution in [0.15, 0.2) is 40.9 Å². The molecule has 1 aromatic carbocycles. The van der Waals surface area contributed by atoms with Crippen molar-refractivity contribution in [2.75, 3.05) is 6.61 Å². The number of nitrogens with two attached hydrogens (primary N) is 1. The maximum atomic E-state index is 11.9. The number of nitriles is 1. The van der Waals surface area contributed by atoms with Gasteiger partial charge in [0.25, 0.3) is 0 Å². The number of aliphatic imine (C=N–C) groups is 1. The molecule has 0 aliphatic rings. The van der Waals surface area contributed by atoms with Crippen LogP contribution in [0.3, 0.4) is 0 Å². The van der Waals surface area contributed by atoms with Crippen molar-refractivity contribution in [3.8, 4) is 11.8 Å². The third-order valence-corrected chi connectivity index (χ3v) is 3.63. The molecule has 0 amide bonds. The summed E-state index contributed by atoms with van der Waals surface area (Å²) in [7, 11) is 0. The number of H-pyrrole nitrogens is 1. The van der Waals surface area contributed by atoms with Crippen LogP contribution in [0.25, 0.3) is 6.08 Å². The van der Waals surface area contributed by atoms with Crippen LogP contribution < -0.4 is 5.73 Å². The summed E-state index contributed by atoms with van der Waals surface area (Å²) in [4.78, 5) is 19.0. The van der Waals surface area contributed by atoms with Gasteiger partial charge in [-0.25, -0.2) is 4.79 Å². The molecule has 0 fully saturated rings. The molecule has 7 heteroatoms. The summed E-state index contributed by atoms with van der Waals surface area (Å²) in [5, 5.41) is 19.6. The quantitative estimate of drug-likeness (QED) is 0.319. The Balaban J connectivity index is 2.30. The van der Waals surface area contributed by atoms with Crippen LogP contribution in [0.5, 0.6) is 5.75 Å². The van der Waals surface area contributed by atoms with E-state index in [2.05, 4.69) is 9.98 Å². The van der Waals surface area contributed by atoms with E-state index in [9.17, 15) is 15.2 Å². The van der Waals surface area contributed by atoms with Crippen LogP contribution in [-0.4, -0.2) is 28.5 Å². The van der Waals surface area contributed by atoms with Crippen molar-refractivity contribution in [3.05, 3.63) is 58.4 Å². The number of aryl methyl sites for hydroxylation is 1. The summed E-state index contributed by atoms with van der Waals surface area (Å²) in [5.41, 5.74) is 7.60. The van der Waals surface area contributed by atoms with E-state index in [0.29, 0.717) is 12.2 Å². The number of amidine groups is 1. The van der Waals surface area contributed by atoms with Crippen LogP contribution >= 0.6 is 0 Å². The Morgan fingerprint density at radius 1 is 1.42 bits per heavy atom.